The summed E-state index contributed by atoms with van der Waals surface area (Å²) in [6.45, 7) is 7.58. The number of carbonyl (C=O) groups is 1. The molecule has 2 rings (SSSR count). The molecule has 7 heteroatoms. The largest absolute Gasteiger partial charge is 0.493 e. The van der Waals surface area contributed by atoms with E-state index in [9.17, 15) is 4.79 Å². The van der Waals surface area contributed by atoms with Crippen molar-refractivity contribution in [2.75, 3.05) is 18.5 Å². The summed E-state index contributed by atoms with van der Waals surface area (Å²) in [6.07, 6.45) is 2.05. The average molecular weight is 479 g/mol. The fraction of sp³-hybridized carbons (Fsp3) is 0.364. The van der Waals surface area contributed by atoms with E-state index in [2.05, 4.69) is 47.3 Å². The minimum absolute atomic E-state index is 0.218. The number of hydrogen-bond donors (Lipinski definition) is 2. The van der Waals surface area contributed by atoms with Gasteiger partial charge in [-0.25, -0.2) is 0 Å². The zero-order valence-electron chi connectivity index (χ0n) is 17.0. The van der Waals surface area contributed by atoms with Gasteiger partial charge in [0.1, 0.15) is 11.5 Å². The van der Waals surface area contributed by atoms with Crippen molar-refractivity contribution in [1.29, 1.82) is 0 Å². The van der Waals surface area contributed by atoms with Gasteiger partial charge in [-0.3, -0.25) is 10.1 Å². The molecule has 2 aromatic carbocycles. The Bertz CT molecular complexity index is 843. The maximum Gasteiger partial charge on any atom is 0.257 e. The van der Waals surface area contributed by atoms with Gasteiger partial charge in [0.2, 0.25) is 0 Å². The van der Waals surface area contributed by atoms with Crippen LogP contribution < -0.4 is 20.1 Å². The van der Waals surface area contributed by atoms with Gasteiger partial charge in [0, 0.05) is 17.3 Å². The molecular weight excluding hydrogens is 452 g/mol. The molecule has 0 aliphatic rings. The summed E-state index contributed by atoms with van der Waals surface area (Å²) in [6, 6.07) is 12.7. The molecule has 0 saturated carbocycles. The van der Waals surface area contributed by atoms with Crippen molar-refractivity contribution in [3.05, 3.63) is 52.5 Å². The van der Waals surface area contributed by atoms with Gasteiger partial charge in [-0.15, -0.1) is 0 Å². The number of amides is 1. The van der Waals surface area contributed by atoms with Gasteiger partial charge in [-0.2, -0.15) is 0 Å². The lowest BCUT2D eigenvalue weighted by atomic mass is 10.2. The number of hydrogen-bond acceptors (Lipinski definition) is 4. The lowest BCUT2D eigenvalue weighted by molar-refractivity contribution is 0.0977. The van der Waals surface area contributed by atoms with Crippen LogP contribution in [0.1, 0.15) is 44.0 Å². The van der Waals surface area contributed by atoms with Crippen molar-refractivity contribution in [2.24, 2.45) is 5.92 Å². The van der Waals surface area contributed by atoms with Crippen LogP contribution in [0.3, 0.4) is 0 Å². The number of carbonyl (C=O) groups excluding carboxylic acids is 1. The molecule has 0 atom stereocenters. The number of anilines is 1. The third-order valence-electron chi connectivity index (χ3n) is 3.85. The first-order valence-electron chi connectivity index (χ1n) is 9.66. The molecule has 0 fully saturated rings. The monoisotopic (exact) mass is 478 g/mol. The first-order chi connectivity index (χ1) is 13.9. The second-order valence-electron chi connectivity index (χ2n) is 6.99. The molecule has 0 unspecified atom stereocenters. The Balaban J connectivity index is 1.92. The summed E-state index contributed by atoms with van der Waals surface area (Å²) in [5.41, 5.74) is 1.23. The third-order valence-corrected chi connectivity index (χ3v) is 4.68. The van der Waals surface area contributed by atoms with Crippen molar-refractivity contribution >= 4 is 44.9 Å². The summed E-state index contributed by atoms with van der Waals surface area (Å²) in [4.78, 5) is 12.5. The van der Waals surface area contributed by atoms with Gasteiger partial charge < -0.3 is 14.8 Å². The predicted molar refractivity (Wildman–Crippen MR) is 125 cm³/mol. The summed E-state index contributed by atoms with van der Waals surface area (Å²) >= 11 is 8.72. The maximum atomic E-state index is 12.5. The fourth-order valence-corrected chi connectivity index (χ4v) is 3.05. The average Bonchev–Trinajstić information content (AvgIpc) is 2.68. The van der Waals surface area contributed by atoms with Gasteiger partial charge in [0.05, 0.1) is 17.7 Å². The van der Waals surface area contributed by atoms with E-state index < -0.39 is 0 Å². The Morgan fingerprint density at radius 1 is 1.17 bits per heavy atom. The highest BCUT2D eigenvalue weighted by molar-refractivity contribution is 9.10. The van der Waals surface area contributed by atoms with Crippen LogP contribution in [-0.2, 0) is 0 Å². The van der Waals surface area contributed by atoms with Crippen LogP contribution in [0.5, 0.6) is 11.5 Å². The standard InChI is InChI=1S/C22H27BrN2O3S/c1-4-5-11-27-20-10-9-16(12-19(20)23)21(26)25-22(29)24-17-7-6-8-18(13-17)28-14-15(2)3/h6-10,12-13,15H,4-5,11,14H2,1-3H3,(H2,24,25,26,29). The number of nitrogens with one attached hydrogen (secondary N) is 2. The molecule has 0 heterocycles. The second-order valence-corrected chi connectivity index (χ2v) is 8.25. The van der Waals surface area contributed by atoms with Crippen molar-refractivity contribution in [1.82, 2.24) is 5.32 Å². The van der Waals surface area contributed by atoms with Gasteiger partial charge in [-0.1, -0.05) is 33.3 Å². The molecule has 0 radical (unpaired) electrons. The Hall–Kier alpha value is -2.12. The molecule has 0 aliphatic heterocycles. The molecule has 0 aromatic heterocycles. The first kappa shape index (κ1) is 23.2. The molecule has 2 N–H and O–H groups in total. The SMILES string of the molecule is CCCCOc1ccc(C(=O)NC(=S)Nc2cccc(OCC(C)C)c2)cc1Br. The molecular formula is C22H27BrN2O3S. The van der Waals surface area contributed by atoms with E-state index in [1.807, 2.05) is 24.3 Å². The zero-order valence-corrected chi connectivity index (χ0v) is 19.4. The highest BCUT2D eigenvalue weighted by atomic mass is 79.9. The lowest BCUT2D eigenvalue weighted by Gasteiger charge is -2.13. The van der Waals surface area contributed by atoms with E-state index in [0.29, 0.717) is 30.4 Å². The molecule has 0 aliphatic carbocycles. The van der Waals surface area contributed by atoms with Crippen molar-refractivity contribution < 1.29 is 14.3 Å². The molecule has 29 heavy (non-hydrogen) atoms. The van der Waals surface area contributed by atoms with E-state index >= 15 is 0 Å². The van der Waals surface area contributed by atoms with Gasteiger partial charge in [-0.05, 0) is 70.8 Å². The first-order valence-corrected chi connectivity index (χ1v) is 10.9. The van der Waals surface area contributed by atoms with Crippen LogP contribution in [0.25, 0.3) is 0 Å². The predicted octanol–water partition coefficient (Wildman–Crippen LogP) is 5.79. The number of halogens is 1. The summed E-state index contributed by atoms with van der Waals surface area (Å²) in [7, 11) is 0. The van der Waals surface area contributed by atoms with Crippen molar-refractivity contribution in [3.63, 3.8) is 0 Å². The summed E-state index contributed by atoms with van der Waals surface area (Å²) in [5, 5.41) is 5.92. The quantitative estimate of drug-likeness (QED) is 0.352. The van der Waals surface area contributed by atoms with Gasteiger partial charge >= 0.3 is 0 Å². The van der Waals surface area contributed by atoms with E-state index in [1.54, 1.807) is 18.2 Å². The van der Waals surface area contributed by atoms with Crippen LogP contribution in [0, 0.1) is 5.92 Å². The normalized spacial score (nSPS) is 10.5. The molecule has 2 aromatic rings. The Kier molecular flexibility index (Phi) is 9.41. The number of thiocarbonyl (C=S) groups is 1. The third kappa shape index (κ3) is 8.03. The fourth-order valence-electron chi connectivity index (χ4n) is 2.35. The number of rotatable bonds is 9. The zero-order chi connectivity index (χ0) is 21.2. The van der Waals surface area contributed by atoms with E-state index in [0.717, 1.165) is 28.8 Å². The molecule has 0 saturated heterocycles. The van der Waals surface area contributed by atoms with Crippen LogP contribution in [0.15, 0.2) is 46.9 Å². The summed E-state index contributed by atoms with van der Waals surface area (Å²) < 4.78 is 12.1. The van der Waals surface area contributed by atoms with Crippen LogP contribution in [-0.4, -0.2) is 24.2 Å². The number of unbranched alkanes of at least 4 members (excludes halogenated alkanes) is 1. The number of benzene rings is 2. The molecule has 5 nitrogen and oxygen atoms in total. The molecule has 156 valence electrons. The van der Waals surface area contributed by atoms with Crippen molar-refractivity contribution in [3.8, 4) is 11.5 Å². The Morgan fingerprint density at radius 2 is 1.97 bits per heavy atom. The van der Waals surface area contributed by atoms with Crippen LogP contribution >= 0.6 is 28.1 Å². The molecule has 0 bridgehead atoms. The lowest BCUT2D eigenvalue weighted by Crippen LogP contribution is -2.34. The highest BCUT2D eigenvalue weighted by Gasteiger charge is 2.11. The van der Waals surface area contributed by atoms with E-state index in [1.165, 1.54) is 0 Å². The minimum atomic E-state index is -0.296. The van der Waals surface area contributed by atoms with Gasteiger partial charge in [0.15, 0.2) is 5.11 Å². The highest BCUT2D eigenvalue weighted by Crippen LogP contribution is 2.26. The van der Waals surface area contributed by atoms with Crippen LogP contribution in [0.2, 0.25) is 0 Å². The second kappa shape index (κ2) is 11.8. The molecule has 0 spiro atoms. The smallest absolute Gasteiger partial charge is 0.257 e. The van der Waals surface area contributed by atoms with Crippen molar-refractivity contribution in [2.45, 2.75) is 33.6 Å². The molecule has 1 amide bonds. The van der Waals surface area contributed by atoms with E-state index in [-0.39, 0.29) is 11.0 Å². The Labute approximate surface area is 186 Å². The van der Waals surface area contributed by atoms with Crippen LogP contribution in [0.4, 0.5) is 5.69 Å². The minimum Gasteiger partial charge on any atom is -0.493 e. The summed E-state index contributed by atoms with van der Waals surface area (Å²) in [5.74, 6) is 1.61. The van der Waals surface area contributed by atoms with Gasteiger partial charge in [0.25, 0.3) is 5.91 Å². The Morgan fingerprint density at radius 3 is 2.66 bits per heavy atom. The van der Waals surface area contributed by atoms with E-state index in [4.69, 9.17) is 21.7 Å². The maximum absolute atomic E-state index is 12.5. The number of ether oxygens (including phenoxy) is 2. The topological polar surface area (TPSA) is 59.6 Å².